The topological polar surface area (TPSA) is 68.6 Å². The molecule has 5 heteroatoms. The van der Waals surface area contributed by atoms with Crippen LogP contribution >= 0.6 is 0 Å². The van der Waals surface area contributed by atoms with Gasteiger partial charge < -0.3 is 14.2 Å². The molecule has 0 aromatic rings. The van der Waals surface area contributed by atoms with Crippen molar-refractivity contribution in [3.8, 4) is 6.07 Å². The molecule has 0 aromatic heterocycles. The number of hydrogen-bond donors (Lipinski definition) is 0. The number of unbranched alkanes of at least 4 members (excludes halogenated alkanes) is 1. The monoisotopic (exact) mass is 269 g/mol. The van der Waals surface area contributed by atoms with Gasteiger partial charge in [-0.15, -0.1) is 0 Å². The Morgan fingerprint density at radius 3 is 2.63 bits per heavy atom. The van der Waals surface area contributed by atoms with E-state index in [-0.39, 0.29) is 11.7 Å². The Labute approximate surface area is 115 Å². The molecule has 1 atom stereocenters. The zero-order chi connectivity index (χ0) is 14.5. The highest BCUT2D eigenvalue weighted by molar-refractivity contribution is 5.92. The van der Waals surface area contributed by atoms with E-state index in [1.807, 2.05) is 20.8 Å². The third-order valence-corrected chi connectivity index (χ3v) is 2.41. The first-order valence-corrected chi connectivity index (χ1v) is 6.70. The lowest BCUT2D eigenvalue weighted by Gasteiger charge is -2.13. The van der Waals surface area contributed by atoms with Gasteiger partial charge in [-0.3, -0.25) is 0 Å². The Balaban J connectivity index is 4.17. The van der Waals surface area contributed by atoms with Crippen molar-refractivity contribution >= 4 is 5.97 Å². The number of rotatable bonds is 10. The molecular formula is C14H23NO4. The second kappa shape index (κ2) is 11.5. The molecule has 0 rings (SSSR count). The molecule has 108 valence electrons. The maximum Gasteiger partial charge on any atom is 0.352 e. The lowest BCUT2D eigenvalue weighted by atomic mass is 10.3. The molecule has 0 aliphatic carbocycles. The van der Waals surface area contributed by atoms with Crippen LogP contribution in [0.25, 0.3) is 0 Å². The van der Waals surface area contributed by atoms with E-state index in [2.05, 4.69) is 0 Å². The second-order valence-corrected chi connectivity index (χ2v) is 3.95. The number of carbonyl (C=O) groups excluding carboxylic acids is 1. The van der Waals surface area contributed by atoms with Gasteiger partial charge in [0.2, 0.25) is 0 Å². The van der Waals surface area contributed by atoms with Crippen LogP contribution in [0.2, 0.25) is 0 Å². The molecule has 0 aliphatic heterocycles. The third kappa shape index (κ3) is 8.22. The predicted molar refractivity (Wildman–Crippen MR) is 71.2 cm³/mol. The number of ether oxygens (including phenoxy) is 3. The predicted octanol–water partition coefficient (Wildman–Crippen LogP) is 2.57. The minimum atomic E-state index is -0.639. The van der Waals surface area contributed by atoms with E-state index in [1.54, 1.807) is 6.07 Å². The SMILES string of the molecule is CCCCOC(=O)/C(C#N)=C/OCC(CC)OCC. The highest BCUT2D eigenvalue weighted by atomic mass is 16.5. The molecule has 0 aromatic carbocycles. The van der Waals surface area contributed by atoms with Crippen LogP contribution in [0.15, 0.2) is 11.8 Å². The average molecular weight is 269 g/mol. The standard InChI is InChI=1S/C14H23NO4/c1-4-7-8-19-14(16)12(9-15)10-17-11-13(5-2)18-6-3/h10,13H,4-8,11H2,1-3H3/b12-10+. The first kappa shape index (κ1) is 17.5. The number of hydrogen-bond acceptors (Lipinski definition) is 5. The summed E-state index contributed by atoms with van der Waals surface area (Å²) in [5, 5.41) is 8.85. The van der Waals surface area contributed by atoms with Crippen LogP contribution in [0.4, 0.5) is 0 Å². The lowest BCUT2D eigenvalue weighted by Crippen LogP contribution is -2.18. The first-order chi connectivity index (χ1) is 9.19. The summed E-state index contributed by atoms with van der Waals surface area (Å²) in [7, 11) is 0. The Morgan fingerprint density at radius 2 is 2.11 bits per heavy atom. The van der Waals surface area contributed by atoms with Crippen molar-refractivity contribution in [1.29, 1.82) is 5.26 Å². The van der Waals surface area contributed by atoms with Crippen LogP contribution in [0.3, 0.4) is 0 Å². The van der Waals surface area contributed by atoms with Gasteiger partial charge in [0.05, 0.1) is 12.7 Å². The fraction of sp³-hybridized carbons (Fsp3) is 0.714. The second-order valence-electron chi connectivity index (χ2n) is 3.95. The van der Waals surface area contributed by atoms with Crippen molar-refractivity contribution in [2.45, 2.75) is 46.1 Å². The van der Waals surface area contributed by atoms with Gasteiger partial charge in [-0.2, -0.15) is 5.26 Å². The molecule has 0 bridgehead atoms. The van der Waals surface area contributed by atoms with Crippen molar-refractivity contribution < 1.29 is 19.0 Å². The minimum Gasteiger partial charge on any atom is -0.497 e. The van der Waals surface area contributed by atoms with Gasteiger partial charge in [0.15, 0.2) is 5.57 Å². The first-order valence-electron chi connectivity index (χ1n) is 6.70. The van der Waals surface area contributed by atoms with E-state index in [9.17, 15) is 4.79 Å². The molecule has 5 nitrogen and oxygen atoms in total. The van der Waals surface area contributed by atoms with Crippen molar-refractivity contribution in [3.63, 3.8) is 0 Å². The van der Waals surface area contributed by atoms with Gasteiger partial charge in [0.1, 0.15) is 18.9 Å². The van der Waals surface area contributed by atoms with Gasteiger partial charge >= 0.3 is 5.97 Å². The fourth-order valence-electron chi connectivity index (χ4n) is 1.27. The molecule has 1 unspecified atom stereocenters. The van der Waals surface area contributed by atoms with Crippen molar-refractivity contribution in [2.75, 3.05) is 19.8 Å². The van der Waals surface area contributed by atoms with Crippen LogP contribution in [-0.2, 0) is 19.0 Å². The van der Waals surface area contributed by atoms with Crippen LogP contribution in [0.5, 0.6) is 0 Å². The largest absolute Gasteiger partial charge is 0.497 e. The molecule has 0 radical (unpaired) electrons. The van der Waals surface area contributed by atoms with E-state index in [0.29, 0.717) is 19.8 Å². The molecule has 0 aliphatic rings. The summed E-state index contributed by atoms with van der Waals surface area (Å²) in [6.07, 6.45) is 3.65. The van der Waals surface area contributed by atoms with Crippen molar-refractivity contribution in [3.05, 3.63) is 11.8 Å². The van der Waals surface area contributed by atoms with Crippen LogP contribution in [0, 0.1) is 11.3 Å². The molecular weight excluding hydrogens is 246 g/mol. The summed E-state index contributed by atoms with van der Waals surface area (Å²) in [5.41, 5.74) is -0.123. The van der Waals surface area contributed by atoms with Crippen LogP contribution in [0.1, 0.15) is 40.0 Å². The summed E-state index contributed by atoms with van der Waals surface area (Å²) in [6, 6.07) is 1.77. The molecule has 0 fully saturated rings. The van der Waals surface area contributed by atoms with E-state index >= 15 is 0 Å². The number of carbonyl (C=O) groups is 1. The van der Waals surface area contributed by atoms with E-state index in [1.165, 1.54) is 0 Å². The quantitative estimate of drug-likeness (QED) is 0.200. The maximum absolute atomic E-state index is 11.5. The van der Waals surface area contributed by atoms with Crippen LogP contribution in [-0.4, -0.2) is 31.9 Å². The molecule has 0 heterocycles. The molecule has 0 N–H and O–H groups in total. The van der Waals surface area contributed by atoms with E-state index < -0.39 is 5.97 Å². The highest BCUT2D eigenvalue weighted by Crippen LogP contribution is 2.03. The van der Waals surface area contributed by atoms with E-state index in [4.69, 9.17) is 19.5 Å². The molecule has 0 saturated carbocycles. The molecule has 19 heavy (non-hydrogen) atoms. The minimum absolute atomic E-state index is 0.0303. The Kier molecular flexibility index (Phi) is 10.6. The molecule has 0 amide bonds. The van der Waals surface area contributed by atoms with Crippen molar-refractivity contribution in [2.24, 2.45) is 0 Å². The summed E-state index contributed by atoms with van der Waals surface area (Å²) in [6.45, 7) is 7.14. The zero-order valence-corrected chi connectivity index (χ0v) is 12.0. The van der Waals surface area contributed by atoms with Crippen molar-refractivity contribution in [1.82, 2.24) is 0 Å². The third-order valence-electron chi connectivity index (χ3n) is 2.41. The summed E-state index contributed by atoms with van der Waals surface area (Å²) in [4.78, 5) is 11.5. The Hall–Kier alpha value is -1.54. The van der Waals surface area contributed by atoms with E-state index in [0.717, 1.165) is 25.5 Å². The Bertz CT molecular complexity index is 320. The molecule has 0 spiro atoms. The van der Waals surface area contributed by atoms with Gasteiger partial charge in [0.25, 0.3) is 0 Å². The van der Waals surface area contributed by atoms with Gasteiger partial charge in [-0.25, -0.2) is 4.79 Å². The van der Waals surface area contributed by atoms with Crippen LogP contribution < -0.4 is 0 Å². The molecule has 0 saturated heterocycles. The number of nitrogens with zero attached hydrogens (tertiary/aromatic N) is 1. The average Bonchev–Trinajstić information content (AvgIpc) is 2.42. The van der Waals surface area contributed by atoms with Gasteiger partial charge in [-0.1, -0.05) is 20.3 Å². The Morgan fingerprint density at radius 1 is 1.37 bits per heavy atom. The lowest BCUT2D eigenvalue weighted by molar-refractivity contribution is -0.138. The number of esters is 1. The van der Waals surface area contributed by atoms with Gasteiger partial charge in [-0.05, 0) is 19.8 Å². The fourth-order valence-corrected chi connectivity index (χ4v) is 1.27. The summed E-state index contributed by atoms with van der Waals surface area (Å²) >= 11 is 0. The smallest absolute Gasteiger partial charge is 0.352 e. The zero-order valence-electron chi connectivity index (χ0n) is 12.0. The highest BCUT2D eigenvalue weighted by Gasteiger charge is 2.11. The maximum atomic E-state index is 11.5. The summed E-state index contributed by atoms with van der Waals surface area (Å²) in [5.74, 6) is -0.639. The number of nitriles is 1. The summed E-state index contributed by atoms with van der Waals surface area (Å²) < 4.78 is 15.5. The van der Waals surface area contributed by atoms with Gasteiger partial charge in [0, 0.05) is 6.61 Å². The normalized spacial score (nSPS) is 12.6.